The molecule has 0 radical (unpaired) electrons. The number of carbonyl (C=O) groups is 2. The molecule has 0 atom stereocenters. The summed E-state index contributed by atoms with van der Waals surface area (Å²) in [5.74, 6) is -1.99. The van der Waals surface area contributed by atoms with Gasteiger partial charge in [-0.05, 0) is 60.9 Å². The average molecular weight is 350 g/mol. The van der Waals surface area contributed by atoms with Gasteiger partial charge in [0.2, 0.25) is 0 Å². The van der Waals surface area contributed by atoms with Crippen molar-refractivity contribution in [1.82, 2.24) is 0 Å². The molecule has 4 heteroatoms. The molecule has 0 amide bonds. The first kappa shape index (κ1) is 17.9. The lowest BCUT2D eigenvalue weighted by Gasteiger charge is -2.14. The zero-order valence-electron chi connectivity index (χ0n) is 14.8. The second kappa shape index (κ2) is 8.00. The van der Waals surface area contributed by atoms with E-state index >= 15 is 0 Å². The highest BCUT2D eigenvalue weighted by atomic mass is 16.5. The summed E-state index contributed by atoms with van der Waals surface area (Å²) >= 11 is 0. The smallest absolute Gasteiger partial charge is 0.379 e. The van der Waals surface area contributed by atoms with Crippen LogP contribution < -0.4 is 0 Å². The highest BCUT2D eigenvalue weighted by Crippen LogP contribution is 2.23. The van der Waals surface area contributed by atoms with Crippen LogP contribution in [0.1, 0.15) is 34.7 Å². The molecule has 0 unspecified atom stereocenters. The quantitative estimate of drug-likeness (QED) is 0.396. The molecule has 134 valence electrons. The maximum atomic E-state index is 11.9. The maximum Gasteiger partial charge on any atom is 0.379 e. The van der Waals surface area contributed by atoms with Gasteiger partial charge in [-0.15, -0.1) is 0 Å². The molecule has 0 spiro atoms. The molecule has 4 nitrogen and oxygen atoms in total. The molecular weight excluding hydrogens is 328 g/mol. The number of carbonyl (C=O) groups excluding carboxylic acids is 2. The second-order valence-electron chi connectivity index (χ2n) is 6.42. The van der Waals surface area contributed by atoms with E-state index in [0.29, 0.717) is 5.56 Å². The van der Waals surface area contributed by atoms with E-state index in [2.05, 4.69) is 35.1 Å². The molecule has 1 N–H and O–H groups in total. The minimum Gasteiger partial charge on any atom is -0.507 e. The van der Waals surface area contributed by atoms with Gasteiger partial charge >= 0.3 is 5.97 Å². The van der Waals surface area contributed by atoms with Crippen molar-refractivity contribution in [1.29, 1.82) is 0 Å². The number of rotatable bonds is 4. The fourth-order valence-electron chi connectivity index (χ4n) is 3.14. The number of hydrogen-bond acceptors (Lipinski definition) is 4. The normalized spacial score (nSPS) is 13.8. The van der Waals surface area contributed by atoms with Gasteiger partial charge in [-0.1, -0.05) is 36.4 Å². The van der Waals surface area contributed by atoms with Crippen LogP contribution in [-0.2, 0) is 40.0 Å². The summed E-state index contributed by atoms with van der Waals surface area (Å²) in [5.41, 5.74) is 5.14. The molecule has 2 aromatic rings. The van der Waals surface area contributed by atoms with Gasteiger partial charge in [-0.2, -0.15) is 0 Å². The first-order chi connectivity index (χ1) is 12.6. The van der Waals surface area contributed by atoms with E-state index in [9.17, 15) is 14.7 Å². The van der Waals surface area contributed by atoms with Gasteiger partial charge in [-0.25, -0.2) is 4.79 Å². The van der Waals surface area contributed by atoms with Crippen molar-refractivity contribution in [2.24, 2.45) is 0 Å². The molecule has 0 aliphatic heterocycles. The molecule has 26 heavy (non-hydrogen) atoms. The first-order valence-electron chi connectivity index (χ1n) is 8.88. The number of aryl methyl sites for hydroxylation is 4. The van der Waals surface area contributed by atoms with E-state index in [0.717, 1.165) is 42.9 Å². The molecule has 4 aliphatic rings. The van der Waals surface area contributed by atoms with Crippen molar-refractivity contribution in [3.63, 3.8) is 0 Å². The van der Waals surface area contributed by atoms with Gasteiger partial charge < -0.3 is 9.84 Å². The summed E-state index contributed by atoms with van der Waals surface area (Å²) in [4.78, 5) is 23.4. The van der Waals surface area contributed by atoms with Crippen LogP contribution in [0, 0.1) is 0 Å². The van der Waals surface area contributed by atoms with Gasteiger partial charge in [0.15, 0.2) is 0 Å². The molecule has 6 rings (SSSR count). The Morgan fingerprint density at radius 2 is 1.54 bits per heavy atom. The van der Waals surface area contributed by atoms with Gasteiger partial charge in [0, 0.05) is 11.6 Å². The lowest BCUT2D eigenvalue weighted by Crippen LogP contribution is -2.15. The average Bonchev–Trinajstić information content (AvgIpc) is 2.64. The summed E-state index contributed by atoms with van der Waals surface area (Å²) in [6, 6.07) is 14.6. The van der Waals surface area contributed by atoms with E-state index in [1.807, 2.05) is 12.1 Å². The monoisotopic (exact) mass is 350 g/mol. The number of benzene rings is 2. The van der Waals surface area contributed by atoms with Crippen molar-refractivity contribution < 1.29 is 19.4 Å². The maximum absolute atomic E-state index is 11.9. The van der Waals surface area contributed by atoms with Crippen molar-refractivity contribution in [3.8, 4) is 0 Å². The lowest BCUT2D eigenvalue weighted by atomic mass is 9.92. The standard InChI is InChI=1S/C22H22O4/c1-2-26-22(25)21(24)14-20(23)19-13-17-8-7-15-3-5-16(6-4-15)9-11-18(19)12-10-17/h3-6,10,12-14,23H,2,7-9,11H2,1H3. The Morgan fingerprint density at radius 3 is 2.19 bits per heavy atom. The SMILES string of the molecule is CCOC(=O)C(=O)C=C(O)c1cc2ccc1CCc1ccc(cc1)CC2. The third-order valence-electron chi connectivity index (χ3n) is 4.60. The van der Waals surface area contributed by atoms with E-state index in [1.54, 1.807) is 6.92 Å². The number of ether oxygens (including phenoxy) is 1. The summed E-state index contributed by atoms with van der Waals surface area (Å²) < 4.78 is 4.69. The molecular formula is C22H22O4. The molecule has 0 aromatic heterocycles. The minimum atomic E-state index is -0.953. The summed E-state index contributed by atoms with van der Waals surface area (Å²) in [7, 11) is 0. The Morgan fingerprint density at radius 1 is 0.962 bits per heavy atom. The van der Waals surface area contributed by atoms with Crippen molar-refractivity contribution in [2.45, 2.75) is 32.6 Å². The van der Waals surface area contributed by atoms with Crippen molar-refractivity contribution >= 4 is 17.5 Å². The number of hydrogen-bond donors (Lipinski definition) is 1. The van der Waals surface area contributed by atoms with Crippen molar-refractivity contribution in [3.05, 3.63) is 76.4 Å². The molecule has 0 saturated carbocycles. The fourth-order valence-corrected chi connectivity index (χ4v) is 3.14. The molecule has 0 fully saturated rings. The van der Waals surface area contributed by atoms with E-state index < -0.39 is 11.8 Å². The molecule has 4 aliphatic carbocycles. The Kier molecular flexibility index (Phi) is 5.52. The van der Waals surface area contributed by atoms with Gasteiger partial charge in [0.1, 0.15) is 5.76 Å². The van der Waals surface area contributed by atoms with E-state index in [4.69, 9.17) is 0 Å². The van der Waals surface area contributed by atoms with Crippen LogP contribution in [0.25, 0.3) is 5.76 Å². The number of ketones is 1. The Bertz CT molecular complexity index is 847. The minimum absolute atomic E-state index is 0.123. The van der Waals surface area contributed by atoms with Crippen LogP contribution in [0.4, 0.5) is 0 Å². The van der Waals surface area contributed by atoms with Crippen LogP contribution in [0.5, 0.6) is 0 Å². The van der Waals surface area contributed by atoms with Crippen LogP contribution in [0.3, 0.4) is 0 Å². The highest BCUT2D eigenvalue weighted by Gasteiger charge is 2.16. The highest BCUT2D eigenvalue weighted by molar-refractivity contribution is 6.39. The largest absolute Gasteiger partial charge is 0.507 e. The molecule has 2 aromatic carbocycles. The zero-order chi connectivity index (χ0) is 18.5. The van der Waals surface area contributed by atoms with Crippen molar-refractivity contribution in [2.75, 3.05) is 6.61 Å². The van der Waals surface area contributed by atoms with Crippen LogP contribution in [0.15, 0.2) is 48.5 Å². The number of aliphatic hydroxyl groups is 1. The third-order valence-corrected chi connectivity index (χ3v) is 4.60. The Labute approximate surface area is 153 Å². The Balaban J connectivity index is 1.92. The first-order valence-corrected chi connectivity index (χ1v) is 8.88. The fraction of sp³-hybridized carbons (Fsp3) is 0.273. The second-order valence-corrected chi connectivity index (χ2v) is 6.42. The molecule has 4 bridgehead atoms. The lowest BCUT2D eigenvalue weighted by molar-refractivity contribution is -0.151. The third kappa shape index (κ3) is 4.20. The van der Waals surface area contributed by atoms with Gasteiger partial charge in [0.05, 0.1) is 6.61 Å². The predicted molar refractivity (Wildman–Crippen MR) is 99.9 cm³/mol. The van der Waals surface area contributed by atoms with E-state index in [-0.39, 0.29) is 12.4 Å². The zero-order valence-corrected chi connectivity index (χ0v) is 14.8. The molecule has 0 saturated heterocycles. The summed E-state index contributed by atoms with van der Waals surface area (Å²) in [6.07, 6.45) is 4.28. The van der Waals surface area contributed by atoms with Crippen LogP contribution >= 0.6 is 0 Å². The van der Waals surface area contributed by atoms with Crippen LogP contribution in [0.2, 0.25) is 0 Å². The van der Waals surface area contributed by atoms with E-state index in [1.165, 1.54) is 11.1 Å². The van der Waals surface area contributed by atoms with Crippen LogP contribution in [-0.4, -0.2) is 23.5 Å². The number of esters is 1. The number of aliphatic hydroxyl groups excluding tert-OH is 1. The topological polar surface area (TPSA) is 63.6 Å². The van der Waals surface area contributed by atoms with Gasteiger partial charge in [0.25, 0.3) is 5.78 Å². The molecule has 0 heterocycles. The predicted octanol–water partition coefficient (Wildman–Crippen LogP) is 3.60. The van der Waals surface area contributed by atoms with Gasteiger partial charge in [-0.3, -0.25) is 4.79 Å². The summed E-state index contributed by atoms with van der Waals surface area (Å²) in [6.45, 7) is 1.75. The Hall–Kier alpha value is -2.88. The summed E-state index contributed by atoms with van der Waals surface area (Å²) in [5, 5.41) is 10.5.